The summed E-state index contributed by atoms with van der Waals surface area (Å²) in [5.74, 6) is -1.85. The van der Waals surface area contributed by atoms with Crippen LogP contribution in [0.3, 0.4) is 0 Å². The molecule has 56 heavy (non-hydrogen) atoms. The van der Waals surface area contributed by atoms with Crippen LogP contribution < -0.4 is 0 Å². The van der Waals surface area contributed by atoms with Crippen molar-refractivity contribution in [2.45, 2.75) is 88.9 Å². The Morgan fingerprint density at radius 1 is 0.661 bits per heavy atom. The van der Waals surface area contributed by atoms with Crippen molar-refractivity contribution in [1.29, 1.82) is 5.26 Å². The first-order valence-corrected chi connectivity index (χ1v) is 22.4. The lowest BCUT2D eigenvalue weighted by molar-refractivity contribution is -0.140. The van der Waals surface area contributed by atoms with Gasteiger partial charge in [-0.25, -0.2) is 4.85 Å². The molecule has 0 N–H and O–H groups in total. The van der Waals surface area contributed by atoms with Crippen molar-refractivity contribution in [3.63, 3.8) is 0 Å². The molecule has 6 aliphatic rings. The van der Waals surface area contributed by atoms with E-state index in [0.29, 0.717) is 22.3 Å². The SMILES string of the molecule is [C-]#[N+]C1=C(C)/C(=C\c2cc3c(s2)-c2sc4c5c(sc4c2C32CCCCC2)-c2sc(/C=C3\C(=O)N(C)C(=O)C(C#N)=C3C)cc2C52CCCCC2)C(=O)N(C)C1=O. The Bertz CT molecular complexity index is 2580. The van der Waals surface area contributed by atoms with Gasteiger partial charge in [-0.1, -0.05) is 38.5 Å². The van der Waals surface area contributed by atoms with Crippen LogP contribution in [0.1, 0.15) is 110 Å². The van der Waals surface area contributed by atoms with Gasteiger partial charge in [0.05, 0.1) is 25.7 Å². The third-order valence-electron chi connectivity index (χ3n) is 13.3. The maximum atomic E-state index is 13.4. The third kappa shape index (κ3) is 4.53. The summed E-state index contributed by atoms with van der Waals surface area (Å²) in [6.45, 7) is 11.0. The fraction of sp³-hybridized carbons (Fsp3) is 0.364. The van der Waals surface area contributed by atoms with E-state index in [2.05, 4.69) is 17.0 Å². The zero-order chi connectivity index (χ0) is 39.0. The summed E-state index contributed by atoms with van der Waals surface area (Å²) in [6.07, 6.45) is 15.2. The summed E-state index contributed by atoms with van der Waals surface area (Å²) in [5, 5.41) is 9.75. The van der Waals surface area contributed by atoms with Crippen LogP contribution in [0.2, 0.25) is 0 Å². The molecule has 4 aromatic heterocycles. The molecule has 8 nitrogen and oxygen atoms in total. The number of thiophene rings is 4. The monoisotopic (exact) mass is 812 g/mol. The second-order valence-corrected chi connectivity index (χ2v) is 20.2. The van der Waals surface area contributed by atoms with Crippen molar-refractivity contribution in [2.24, 2.45) is 0 Å². The number of rotatable bonds is 2. The smallest absolute Gasteiger partial charge is 0.271 e. The van der Waals surface area contributed by atoms with E-state index in [0.717, 1.165) is 70.9 Å². The van der Waals surface area contributed by atoms with Gasteiger partial charge < -0.3 is 0 Å². The molecule has 4 aromatic rings. The second kappa shape index (κ2) is 12.4. The highest BCUT2D eigenvalue weighted by Gasteiger charge is 2.53. The van der Waals surface area contributed by atoms with Crippen LogP contribution in [0.25, 0.3) is 45.9 Å². The van der Waals surface area contributed by atoms with Gasteiger partial charge in [-0.3, -0.25) is 29.0 Å². The van der Waals surface area contributed by atoms with Gasteiger partial charge in [-0.05, 0) is 86.1 Å². The molecule has 6 heterocycles. The van der Waals surface area contributed by atoms with Crippen molar-refractivity contribution in [3.05, 3.63) is 89.1 Å². The van der Waals surface area contributed by atoms with Crippen molar-refractivity contribution in [1.82, 2.24) is 9.80 Å². The maximum Gasteiger partial charge on any atom is 0.271 e. The highest BCUT2D eigenvalue weighted by atomic mass is 32.1. The lowest BCUT2D eigenvalue weighted by atomic mass is 9.67. The molecular weight excluding hydrogens is 777 g/mol. The average Bonchev–Trinajstić information content (AvgIpc) is 4.03. The topological polar surface area (TPSA) is 103 Å². The first kappa shape index (κ1) is 35.7. The number of nitrogens with zero attached hydrogens (tertiary/aromatic N) is 4. The number of amides is 4. The molecule has 0 aromatic carbocycles. The number of fused-ring (bicyclic) bond motifs is 13. The molecule has 2 fully saturated rings. The minimum atomic E-state index is -0.552. The minimum Gasteiger partial charge on any atom is -0.287 e. The zero-order valence-electron chi connectivity index (χ0n) is 31.4. The second-order valence-electron chi connectivity index (χ2n) is 16.0. The van der Waals surface area contributed by atoms with E-state index in [1.807, 2.05) is 40.9 Å². The molecule has 2 saturated carbocycles. The first-order chi connectivity index (χ1) is 27.0. The molecule has 10 rings (SSSR count). The summed E-state index contributed by atoms with van der Waals surface area (Å²) in [4.78, 5) is 64.9. The molecule has 12 heteroatoms. The Morgan fingerprint density at radius 2 is 1.11 bits per heavy atom. The van der Waals surface area contributed by atoms with E-state index < -0.39 is 11.8 Å². The summed E-state index contributed by atoms with van der Waals surface area (Å²) >= 11 is 7.37. The van der Waals surface area contributed by atoms with Gasteiger partial charge >= 0.3 is 0 Å². The Hall–Kier alpha value is -4.72. The predicted molar refractivity (Wildman–Crippen MR) is 223 cm³/mol. The molecule has 280 valence electrons. The molecule has 2 spiro atoms. The van der Waals surface area contributed by atoms with E-state index in [1.165, 1.54) is 78.1 Å². The fourth-order valence-corrected chi connectivity index (χ4v) is 16.4. The number of carbonyl (C=O) groups excluding carboxylic acids is 4. The molecular formula is C44H36N4O4S4. The van der Waals surface area contributed by atoms with Gasteiger partial charge in [-0.15, -0.1) is 45.3 Å². The summed E-state index contributed by atoms with van der Waals surface area (Å²) in [7, 11) is 2.89. The summed E-state index contributed by atoms with van der Waals surface area (Å²) < 4.78 is 2.85. The Labute approximate surface area is 340 Å². The molecule has 4 aliphatic carbocycles. The number of nitriles is 1. The maximum absolute atomic E-state index is 13.4. The van der Waals surface area contributed by atoms with Gasteiger partial charge in [0.1, 0.15) is 11.6 Å². The van der Waals surface area contributed by atoms with Crippen LogP contribution in [-0.2, 0) is 30.0 Å². The largest absolute Gasteiger partial charge is 0.287 e. The fourth-order valence-electron chi connectivity index (χ4n) is 10.4. The van der Waals surface area contributed by atoms with Crippen molar-refractivity contribution < 1.29 is 19.2 Å². The van der Waals surface area contributed by atoms with Crippen molar-refractivity contribution in [2.75, 3.05) is 14.1 Å². The van der Waals surface area contributed by atoms with Crippen LogP contribution in [0.4, 0.5) is 0 Å². The van der Waals surface area contributed by atoms with E-state index in [-0.39, 0.29) is 33.9 Å². The van der Waals surface area contributed by atoms with Crippen molar-refractivity contribution in [3.8, 4) is 25.6 Å². The van der Waals surface area contributed by atoms with Gasteiger partial charge in [0.2, 0.25) is 0 Å². The minimum absolute atomic E-state index is 0.00131. The number of hydrogen-bond donors (Lipinski definition) is 0. The quantitative estimate of drug-likeness (QED) is 0.114. The standard InChI is InChI=1S/C44H36N4O4S4/c1-21-25(39(49)47(4)41(51)27(21)20-45)16-23-18-28-33(53-23)35-30(43(28)12-8-6-9-13-43)37-38(55-35)31-36(56-37)34-29(44(31)14-10-7-11-15-44)19-24(54-34)17-26-22(2)32(46-3)42(52)48(5)40(26)50/h16-19H,6-15H2,1-2,4-5H3/b25-16-,26-17+. The molecule has 0 atom stereocenters. The number of carbonyl (C=O) groups is 4. The first-order valence-electron chi connectivity index (χ1n) is 19.1. The van der Waals surface area contributed by atoms with E-state index >= 15 is 0 Å². The van der Waals surface area contributed by atoms with Gasteiger partial charge in [0.25, 0.3) is 29.3 Å². The van der Waals surface area contributed by atoms with Gasteiger partial charge in [-0.2, -0.15) is 5.26 Å². The predicted octanol–water partition coefficient (Wildman–Crippen LogP) is 10.3. The van der Waals surface area contributed by atoms with Gasteiger partial charge in [0, 0.05) is 66.7 Å². The zero-order valence-corrected chi connectivity index (χ0v) is 34.7. The number of imide groups is 2. The Morgan fingerprint density at radius 3 is 1.55 bits per heavy atom. The molecule has 4 amide bonds. The van der Waals surface area contributed by atoms with E-state index in [9.17, 15) is 24.4 Å². The van der Waals surface area contributed by atoms with Crippen LogP contribution in [0, 0.1) is 17.9 Å². The summed E-state index contributed by atoms with van der Waals surface area (Å²) in [5.41, 5.74) is 7.24. The Balaban J connectivity index is 1.14. The molecule has 0 saturated heterocycles. The molecule has 2 aliphatic heterocycles. The highest BCUT2D eigenvalue weighted by Crippen LogP contribution is 2.69. The van der Waals surface area contributed by atoms with Crippen LogP contribution >= 0.6 is 45.3 Å². The van der Waals surface area contributed by atoms with E-state index in [1.54, 1.807) is 36.5 Å². The molecule has 0 radical (unpaired) electrons. The highest BCUT2D eigenvalue weighted by molar-refractivity contribution is 7.34. The van der Waals surface area contributed by atoms with Crippen molar-refractivity contribution >= 4 is 90.5 Å². The Kier molecular flexibility index (Phi) is 7.89. The van der Waals surface area contributed by atoms with E-state index in [4.69, 9.17) is 6.57 Å². The van der Waals surface area contributed by atoms with Crippen LogP contribution in [0.15, 0.2) is 45.7 Å². The average molecular weight is 813 g/mol. The third-order valence-corrected chi connectivity index (χ3v) is 18.3. The van der Waals surface area contributed by atoms with Gasteiger partial charge in [0.15, 0.2) is 0 Å². The lowest BCUT2D eigenvalue weighted by Crippen LogP contribution is -2.39. The molecule has 0 bridgehead atoms. The van der Waals surface area contributed by atoms with Crippen LogP contribution in [-0.4, -0.2) is 47.5 Å². The normalized spacial score (nSPS) is 22.5. The number of hydrogen-bond acceptors (Lipinski definition) is 9. The lowest BCUT2D eigenvalue weighted by Gasteiger charge is -2.35. The number of likely N-dealkylation sites (N-methyl/N-ethyl adjacent to an activating group) is 2. The van der Waals surface area contributed by atoms with Crippen LogP contribution in [0.5, 0.6) is 0 Å². The molecule has 0 unspecified atom stereocenters. The summed E-state index contributed by atoms with van der Waals surface area (Å²) in [6, 6.07) is 6.60.